The summed E-state index contributed by atoms with van der Waals surface area (Å²) in [6.07, 6.45) is 0. The van der Waals surface area contributed by atoms with E-state index in [-0.39, 0.29) is 13.4 Å². The van der Waals surface area contributed by atoms with Gasteiger partial charge >= 0.3 is 5.97 Å². The Morgan fingerprint density at radius 1 is 1.32 bits per heavy atom. The number of halogens is 1. The average Bonchev–Trinajstić information content (AvgIpc) is 2.65. The monoisotopic (exact) mass is 380 g/mol. The van der Waals surface area contributed by atoms with Crippen LogP contribution in [0.1, 0.15) is 28.4 Å². The molecule has 0 radical (unpaired) electrons. The van der Waals surface area contributed by atoms with Crippen LogP contribution in [0.4, 0.5) is 0 Å². The molecule has 2 aromatic rings. The van der Waals surface area contributed by atoms with Crippen LogP contribution in [0.25, 0.3) is 0 Å². The molecule has 7 heteroatoms. The molecule has 0 amide bonds. The minimum absolute atomic E-state index is 0.00875. The fourth-order valence-corrected chi connectivity index (χ4v) is 3.78. The third kappa shape index (κ3) is 4.03. The van der Waals surface area contributed by atoms with E-state index >= 15 is 0 Å². The third-order valence-electron chi connectivity index (χ3n) is 3.72. The SMILES string of the molecule is CC[S@@](=O)c1ccccc1C(=O)OCc1cc(Cl)cc2c1OCOC2. The highest BCUT2D eigenvalue weighted by molar-refractivity contribution is 7.85. The van der Waals surface area contributed by atoms with Crippen molar-refractivity contribution in [2.24, 2.45) is 0 Å². The van der Waals surface area contributed by atoms with E-state index in [9.17, 15) is 9.00 Å². The van der Waals surface area contributed by atoms with Gasteiger partial charge in [0.15, 0.2) is 6.79 Å². The van der Waals surface area contributed by atoms with E-state index < -0.39 is 16.8 Å². The molecule has 2 aromatic carbocycles. The minimum atomic E-state index is -1.24. The maximum Gasteiger partial charge on any atom is 0.339 e. The predicted molar refractivity (Wildman–Crippen MR) is 94.2 cm³/mol. The smallest absolute Gasteiger partial charge is 0.339 e. The molecule has 25 heavy (non-hydrogen) atoms. The molecule has 1 heterocycles. The van der Waals surface area contributed by atoms with Crippen LogP contribution >= 0.6 is 11.6 Å². The summed E-state index contributed by atoms with van der Waals surface area (Å²) in [5.74, 6) is 0.534. The summed E-state index contributed by atoms with van der Waals surface area (Å²) in [6.45, 7) is 2.35. The number of benzene rings is 2. The van der Waals surface area contributed by atoms with Crippen molar-refractivity contribution in [1.82, 2.24) is 0 Å². The van der Waals surface area contributed by atoms with Crippen LogP contribution in [0.15, 0.2) is 41.3 Å². The number of fused-ring (bicyclic) bond motifs is 1. The van der Waals surface area contributed by atoms with Gasteiger partial charge in [0, 0.05) is 21.9 Å². The number of carbonyl (C=O) groups is 1. The second-order valence-electron chi connectivity index (χ2n) is 5.37. The summed E-state index contributed by atoms with van der Waals surface area (Å²) >= 11 is 6.11. The fraction of sp³-hybridized carbons (Fsp3) is 0.278. The Labute approximate surface area is 153 Å². The first kappa shape index (κ1) is 17.9. The molecule has 1 aliphatic rings. The van der Waals surface area contributed by atoms with Gasteiger partial charge < -0.3 is 14.2 Å². The van der Waals surface area contributed by atoms with E-state index in [4.69, 9.17) is 25.8 Å². The van der Waals surface area contributed by atoms with Crippen LogP contribution in [0.2, 0.25) is 5.02 Å². The Balaban J connectivity index is 1.80. The summed E-state index contributed by atoms with van der Waals surface area (Å²) in [5, 5.41) is 0.520. The number of rotatable bonds is 5. The second-order valence-corrected chi connectivity index (χ2v) is 7.51. The molecule has 0 aliphatic carbocycles. The highest BCUT2D eigenvalue weighted by atomic mass is 35.5. The third-order valence-corrected chi connectivity index (χ3v) is 5.31. The van der Waals surface area contributed by atoms with Crippen molar-refractivity contribution in [1.29, 1.82) is 0 Å². The molecule has 132 valence electrons. The lowest BCUT2D eigenvalue weighted by Crippen LogP contribution is -2.15. The Morgan fingerprint density at radius 3 is 2.92 bits per heavy atom. The van der Waals surface area contributed by atoms with E-state index in [0.717, 1.165) is 5.56 Å². The molecule has 3 rings (SSSR count). The topological polar surface area (TPSA) is 61.8 Å². The van der Waals surface area contributed by atoms with Crippen LogP contribution in [0.3, 0.4) is 0 Å². The van der Waals surface area contributed by atoms with Gasteiger partial charge in [-0.05, 0) is 24.3 Å². The Morgan fingerprint density at radius 2 is 2.12 bits per heavy atom. The summed E-state index contributed by atoms with van der Waals surface area (Å²) in [4.78, 5) is 12.9. The molecule has 1 atom stereocenters. The van der Waals surface area contributed by atoms with Gasteiger partial charge in [0.2, 0.25) is 0 Å². The first-order valence-electron chi connectivity index (χ1n) is 7.76. The van der Waals surface area contributed by atoms with E-state index in [1.165, 1.54) is 0 Å². The van der Waals surface area contributed by atoms with Crippen molar-refractivity contribution in [2.75, 3.05) is 12.5 Å². The largest absolute Gasteiger partial charge is 0.467 e. The van der Waals surface area contributed by atoms with Crippen LogP contribution in [0, 0.1) is 0 Å². The highest BCUT2D eigenvalue weighted by Gasteiger charge is 2.20. The summed E-state index contributed by atoms with van der Waals surface area (Å²) in [5.41, 5.74) is 1.80. The van der Waals surface area contributed by atoms with E-state index in [0.29, 0.717) is 39.2 Å². The maximum absolute atomic E-state index is 12.5. The van der Waals surface area contributed by atoms with Crippen molar-refractivity contribution < 1.29 is 23.2 Å². The fourth-order valence-electron chi connectivity index (χ4n) is 2.57. The van der Waals surface area contributed by atoms with Crippen LogP contribution in [0.5, 0.6) is 5.75 Å². The first-order chi connectivity index (χ1) is 12.1. The number of carbonyl (C=O) groups excluding carboxylic acids is 1. The van der Waals surface area contributed by atoms with Crippen molar-refractivity contribution in [3.63, 3.8) is 0 Å². The van der Waals surface area contributed by atoms with Crippen LogP contribution in [-0.2, 0) is 33.5 Å². The number of ether oxygens (including phenoxy) is 3. The number of hydrogen-bond donors (Lipinski definition) is 0. The van der Waals surface area contributed by atoms with Gasteiger partial charge in [-0.1, -0.05) is 30.7 Å². The molecule has 0 bridgehead atoms. The summed E-state index contributed by atoms with van der Waals surface area (Å²) < 4.78 is 28.3. The molecular weight excluding hydrogens is 364 g/mol. The number of hydrogen-bond acceptors (Lipinski definition) is 5. The lowest BCUT2D eigenvalue weighted by Gasteiger charge is -2.21. The van der Waals surface area contributed by atoms with Gasteiger partial charge in [0.25, 0.3) is 0 Å². The molecule has 0 spiro atoms. The van der Waals surface area contributed by atoms with Crippen LogP contribution in [-0.4, -0.2) is 22.7 Å². The minimum Gasteiger partial charge on any atom is -0.467 e. The van der Waals surface area contributed by atoms with E-state index in [2.05, 4.69) is 0 Å². The van der Waals surface area contributed by atoms with Gasteiger partial charge in [-0.25, -0.2) is 4.79 Å². The predicted octanol–water partition coefficient (Wildman–Crippen LogP) is 3.69. The van der Waals surface area contributed by atoms with Gasteiger partial charge in [0.05, 0.1) is 27.9 Å². The molecule has 5 nitrogen and oxygen atoms in total. The van der Waals surface area contributed by atoms with Gasteiger partial charge in [0.1, 0.15) is 12.4 Å². The molecule has 0 aromatic heterocycles. The van der Waals surface area contributed by atoms with E-state index in [1.54, 1.807) is 43.3 Å². The second kappa shape index (κ2) is 7.99. The first-order valence-corrected chi connectivity index (χ1v) is 9.46. The van der Waals surface area contributed by atoms with Crippen molar-refractivity contribution in [3.8, 4) is 5.75 Å². The number of esters is 1. The van der Waals surface area contributed by atoms with Crippen LogP contribution < -0.4 is 4.74 Å². The lowest BCUT2D eigenvalue weighted by atomic mass is 10.1. The summed E-state index contributed by atoms with van der Waals surface area (Å²) in [6, 6.07) is 10.2. The van der Waals surface area contributed by atoms with Crippen molar-refractivity contribution >= 4 is 28.4 Å². The molecule has 0 fully saturated rings. The Hall–Kier alpha value is -1.89. The van der Waals surface area contributed by atoms with Crippen molar-refractivity contribution in [2.45, 2.75) is 25.0 Å². The Kier molecular flexibility index (Phi) is 5.73. The molecular formula is C18H17ClO5S. The lowest BCUT2D eigenvalue weighted by molar-refractivity contribution is -0.0180. The molecule has 1 aliphatic heterocycles. The average molecular weight is 381 g/mol. The zero-order valence-corrected chi connectivity index (χ0v) is 15.2. The molecule has 0 N–H and O–H groups in total. The maximum atomic E-state index is 12.5. The molecule has 0 saturated carbocycles. The quantitative estimate of drug-likeness (QED) is 0.740. The Bertz CT molecular complexity index is 821. The standard InChI is InChI=1S/C18H17ClO5S/c1-2-25(21)16-6-4-3-5-15(16)18(20)23-10-13-8-14(19)7-12-9-22-11-24-17(12)13/h3-8H,2,9-11H2,1H3/t25-/m1/s1. The zero-order valence-electron chi connectivity index (χ0n) is 13.6. The van der Waals surface area contributed by atoms with Gasteiger partial charge in [-0.2, -0.15) is 0 Å². The molecule has 0 saturated heterocycles. The summed E-state index contributed by atoms with van der Waals surface area (Å²) in [7, 11) is -1.24. The zero-order chi connectivity index (χ0) is 17.8. The molecule has 0 unspecified atom stereocenters. The van der Waals surface area contributed by atoms with Gasteiger partial charge in [-0.15, -0.1) is 0 Å². The van der Waals surface area contributed by atoms with E-state index in [1.807, 2.05) is 0 Å². The highest BCUT2D eigenvalue weighted by Crippen LogP contribution is 2.32. The van der Waals surface area contributed by atoms with Crippen molar-refractivity contribution in [3.05, 3.63) is 58.1 Å². The van der Waals surface area contributed by atoms with Gasteiger partial charge in [-0.3, -0.25) is 4.21 Å². The normalized spacial score (nSPS) is 14.3.